The molecule has 0 radical (unpaired) electrons. The molecule has 0 unspecified atom stereocenters. The van der Waals surface area contributed by atoms with Crippen LogP contribution in [-0.2, 0) is 24.7 Å². The van der Waals surface area contributed by atoms with E-state index in [1.807, 2.05) is 34.8 Å². The van der Waals surface area contributed by atoms with Gasteiger partial charge >= 0.3 is 0 Å². The standard InChI is InChI=1S/C23H31N3O2/c1-24(2)22(27)11-10-18-6-8-19(9-7-18)17-20-12-15-26(16-13-20)23(28)21-5-4-14-25(21)3/h4-9,14,20H,10-13,15-17H2,1-3H3. The van der Waals surface area contributed by atoms with E-state index in [4.69, 9.17) is 0 Å². The number of piperidine rings is 1. The first-order chi connectivity index (χ1) is 13.4. The number of nitrogens with zero attached hydrogens (tertiary/aromatic N) is 3. The third-order valence-corrected chi connectivity index (χ3v) is 5.74. The van der Waals surface area contributed by atoms with Gasteiger partial charge in [-0.2, -0.15) is 0 Å². The monoisotopic (exact) mass is 381 g/mol. The van der Waals surface area contributed by atoms with Crippen molar-refractivity contribution in [1.82, 2.24) is 14.4 Å². The Morgan fingerprint density at radius 1 is 1.04 bits per heavy atom. The molecule has 0 aliphatic carbocycles. The average Bonchev–Trinajstić information content (AvgIpc) is 3.13. The second-order valence-electron chi connectivity index (χ2n) is 8.05. The minimum Gasteiger partial charge on any atom is -0.349 e. The number of aryl methyl sites for hydroxylation is 2. The molecule has 5 heteroatoms. The van der Waals surface area contributed by atoms with E-state index in [0.29, 0.717) is 12.3 Å². The third kappa shape index (κ3) is 5.03. The van der Waals surface area contributed by atoms with Gasteiger partial charge in [0.2, 0.25) is 5.91 Å². The fourth-order valence-corrected chi connectivity index (χ4v) is 3.84. The molecule has 1 aromatic heterocycles. The first kappa shape index (κ1) is 20.2. The highest BCUT2D eigenvalue weighted by molar-refractivity contribution is 5.92. The van der Waals surface area contributed by atoms with Gasteiger partial charge in [0.05, 0.1) is 0 Å². The molecule has 0 spiro atoms. The predicted octanol–water partition coefficient (Wildman–Crippen LogP) is 3.14. The van der Waals surface area contributed by atoms with Crippen LogP contribution in [0.25, 0.3) is 0 Å². The number of carbonyl (C=O) groups excluding carboxylic acids is 2. The van der Waals surface area contributed by atoms with Crippen LogP contribution in [0.3, 0.4) is 0 Å². The molecule has 1 fully saturated rings. The van der Waals surface area contributed by atoms with Gasteiger partial charge in [-0.05, 0) is 54.9 Å². The second-order valence-corrected chi connectivity index (χ2v) is 8.05. The van der Waals surface area contributed by atoms with Gasteiger partial charge in [0.15, 0.2) is 0 Å². The minimum absolute atomic E-state index is 0.141. The molecule has 28 heavy (non-hydrogen) atoms. The Morgan fingerprint density at radius 3 is 2.25 bits per heavy atom. The van der Waals surface area contributed by atoms with Crippen molar-refractivity contribution in [3.05, 3.63) is 59.4 Å². The molecule has 0 bridgehead atoms. The van der Waals surface area contributed by atoms with Gasteiger partial charge in [0.25, 0.3) is 5.91 Å². The van der Waals surface area contributed by atoms with Crippen LogP contribution in [0, 0.1) is 5.92 Å². The van der Waals surface area contributed by atoms with Crippen LogP contribution in [0.5, 0.6) is 0 Å². The number of carbonyl (C=O) groups is 2. The van der Waals surface area contributed by atoms with Gasteiger partial charge < -0.3 is 14.4 Å². The van der Waals surface area contributed by atoms with E-state index >= 15 is 0 Å². The Hall–Kier alpha value is -2.56. The normalized spacial score (nSPS) is 14.9. The summed E-state index contributed by atoms with van der Waals surface area (Å²) in [6.45, 7) is 1.67. The molecule has 0 saturated carbocycles. The van der Waals surface area contributed by atoms with E-state index in [9.17, 15) is 9.59 Å². The smallest absolute Gasteiger partial charge is 0.270 e. The van der Waals surface area contributed by atoms with Crippen LogP contribution in [-0.4, -0.2) is 53.4 Å². The highest BCUT2D eigenvalue weighted by Crippen LogP contribution is 2.23. The number of rotatable bonds is 6. The molecule has 5 nitrogen and oxygen atoms in total. The van der Waals surface area contributed by atoms with Crippen LogP contribution in [0.1, 0.15) is 40.9 Å². The number of hydrogen-bond donors (Lipinski definition) is 0. The van der Waals surface area contributed by atoms with E-state index in [2.05, 4.69) is 24.3 Å². The van der Waals surface area contributed by atoms with Gasteiger partial charge in [-0.15, -0.1) is 0 Å². The first-order valence-electron chi connectivity index (χ1n) is 10.1. The Bertz CT molecular complexity index is 800. The SMILES string of the molecule is CN(C)C(=O)CCc1ccc(CC2CCN(C(=O)c3cccn3C)CC2)cc1. The maximum absolute atomic E-state index is 12.6. The van der Waals surface area contributed by atoms with Crippen molar-refractivity contribution in [3.8, 4) is 0 Å². The van der Waals surface area contributed by atoms with Crippen molar-refractivity contribution in [3.63, 3.8) is 0 Å². The molecular weight excluding hydrogens is 350 g/mol. The molecule has 150 valence electrons. The Labute approximate surface area is 167 Å². The van der Waals surface area contributed by atoms with Crippen LogP contribution < -0.4 is 0 Å². The maximum atomic E-state index is 12.6. The fraction of sp³-hybridized carbons (Fsp3) is 0.478. The second kappa shape index (κ2) is 9.09. The zero-order valence-electron chi connectivity index (χ0n) is 17.2. The van der Waals surface area contributed by atoms with Gasteiger partial charge in [-0.1, -0.05) is 24.3 Å². The van der Waals surface area contributed by atoms with Gasteiger partial charge in [-0.3, -0.25) is 9.59 Å². The lowest BCUT2D eigenvalue weighted by atomic mass is 9.89. The molecule has 1 aromatic carbocycles. The molecule has 3 rings (SSSR count). The molecule has 1 saturated heterocycles. The van der Waals surface area contributed by atoms with E-state index < -0.39 is 0 Å². The van der Waals surface area contributed by atoms with Crippen molar-refractivity contribution in [2.24, 2.45) is 13.0 Å². The lowest BCUT2D eigenvalue weighted by Crippen LogP contribution is -2.39. The highest BCUT2D eigenvalue weighted by atomic mass is 16.2. The van der Waals surface area contributed by atoms with Crippen molar-refractivity contribution in [2.45, 2.75) is 32.1 Å². The quantitative estimate of drug-likeness (QED) is 0.772. The van der Waals surface area contributed by atoms with Crippen LogP contribution >= 0.6 is 0 Å². The van der Waals surface area contributed by atoms with Gasteiger partial charge in [0.1, 0.15) is 5.69 Å². The summed E-state index contributed by atoms with van der Waals surface area (Å²) in [5.74, 6) is 0.932. The first-order valence-corrected chi connectivity index (χ1v) is 10.1. The molecular formula is C23H31N3O2. The summed E-state index contributed by atoms with van der Waals surface area (Å²) >= 11 is 0. The maximum Gasteiger partial charge on any atom is 0.270 e. The van der Waals surface area contributed by atoms with E-state index in [1.165, 1.54) is 11.1 Å². The zero-order valence-corrected chi connectivity index (χ0v) is 17.2. The number of likely N-dealkylation sites (tertiary alicyclic amines) is 1. The van der Waals surface area contributed by atoms with E-state index in [0.717, 1.165) is 44.5 Å². The topological polar surface area (TPSA) is 45.6 Å². The number of hydrogen-bond acceptors (Lipinski definition) is 2. The molecule has 1 aliphatic heterocycles. The number of amides is 2. The van der Waals surface area contributed by atoms with Crippen LogP contribution in [0.15, 0.2) is 42.6 Å². The summed E-state index contributed by atoms with van der Waals surface area (Å²) in [6.07, 6.45) is 6.42. The van der Waals surface area contributed by atoms with E-state index in [1.54, 1.807) is 19.0 Å². The Morgan fingerprint density at radius 2 is 1.68 bits per heavy atom. The highest BCUT2D eigenvalue weighted by Gasteiger charge is 2.24. The largest absolute Gasteiger partial charge is 0.349 e. The third-order valence-electron chi connectivity index (χ3n) is 5.74. The van der Waals surface area contributed by atoms with Gasteiger partial charge in [-0.25, -0.2) is 0 Å². The molecule has 2 amide bonds. The summed E-state index contributed by atoms with van der Waals surface area (Å²) < 4.78 is 1.89. The number of benzene rings is 1. The Balaban J connectivity index is 1.46. The van der Waals surface area contributed by atoms with E-state index in [-0.39, 0.29) is 11.8 Å². The molecule has 0 atom stereocenters. The Kier molecular flexibility index (Phi) is 6.55. The summed E-state index contributed by atoms with van der Waals surface area (Å²) in [7, 11) is 5.51. The summed E-state index contributed by atoms with van der Waals surface area (Å²) in [6, 6.07) is 12.5. The molecule has 2 heterocycles. The summed E-state index contributed by atoms with van der Waals surface area (Å²) in [5.41, 5.74) is 3.32. The summed E-state index contributed by atoms with van der Waals surface area (Å²) in [5, 5.41) is 0. The van der Waals surface area contributed by atoms with Crippen LogP contribution in [0.4, 0.5) is 0 Å². The fourth-order valence-electron chi connectivity index (χ4n) is 3.84. The summed E-state index contributed by atoms with van der Waals surface area (Å²) in [4.78, 5) is 27.9. The van der Waals surface area contributed by atoms with Crippen molar-refractivity contribution in [1.29, 1.82) is 0 Å². The minimum atomic E-state index is 0.141. The van der Waals surface area contributed by atoms with Crippen molar-refractivity contribution in [2.75, 3.05) is 27.2 Å². The zero-order chi connectivity index (χ0) is 20.1. The van der Waals surface area contributed by atoms with Crippen LogP contribution in [0.2, 0.25) is 0 Å². The predicted molar refractivity (Wildman–Crippen MR) is 111 cm³/mol. The lowest BCUT2D eigenvalue weighted by Gasteiger charge is -2.32. The van der Waals surface area contributed by atoms with Crippen molar-refractivity contribution >= 4 is 11.8 Å². The molecule has 0 N–H and O–H groups in total. The average molecular weight is 382 g/mol. The molecule has 1 aliphatic rings. The lowest BCUT2D eigenvalue weighted by molar-refractivity contribution is -0.128. The number of aromatic nitrogens is 1. The van der Waals surface area contributed by atoms with Gasteiger partial charge in [0, 0.05) is 46.9 Å². The van der Waals surface area contributed by atoms with Crippen molar-refractivity contribution < 1.29 is 9.59 Å². The molecule has 2 aromatic rings.